The maximum absolute atomic E-state index is 11.1. The fourth-order valence-electron chi connectivity index (χ4n) is 5.05. The Labute approximate surface area is 175 Å². The van der Waals surface area contributed by atoms with Gasteiger partial charge in [0.05, 0.1) is 5.56 Å². The van der Waals surface area contributed by atoms with Gasteiger partial charge in [-0.05, 0) is 82.5 Å². The quantitative estimate of drug-likeness (QED) is 0.528. The summed E-state index contributed by atoms with van der Waals surface area (Å²) < 4.78 is 0. The minimum atomic E-state index is -0.887. The topological polar surface area (TPSA) is 37.3 Å². The molecule has 29 heavy (non-hydrogen) atoms. The van der Waals surface area contributed by atoms with Crippen molar-refractivity contribution in [2.24, 2.45) is 0 Å². The van der Waals surface area contributed by atoms with Crippen molar-refractivity contribution >= 4 is 17.6 Å². The highest BCUT2D eigenvalue weighted by atomic mass is 16.4. The number of aryl methyl sites for hydroxylation is 1. The number of benzene rings is 2. The minimum absolute atomic E-state index is 0.181. The summed E-state index contributed by atoms with van der Waals surface area (Å²) in [5, 5.41) is 9.12. The summed E-state index contributed by atoms with van der Waals surface area (Å²) in [6.07, 6.45) is 6.82. The maximum Gasteiger partial charge on any atom is 0.335 e. The molecule has 0 fully saturated rings. The number of carboxylic acids is 1. The first kappa shape index (κ1) is 21.4. The molecular formula is C27H34O2. The summed E-state index contributed by atoms with van der Waals surface area (Å²) in [5.74, 6) is -0.887. The zero-order valence-electron chi connectivity index (χ0n) is 18.7. The van der Waals surface area contributed by atoms with Gasteiger partial charge in [-0.25, -0.2) is 4.79 Å². The van der Waals surface area contributed by atoms with E-state index in [-0.39, 0.29) is 10.8 Å². The average Bonchev–Trinajstić information content (AvgIpc) is 2.83. The third-order valence-electron chi connectivity index (χ3n) is 6.35. The van der Waals surface area contributed by atoms with Gasteiger partial charge in [0.15, 0.2) is 0 Å². The van der Waals surface area contributed by atoms with Crippen LogP contribution >= 0.6 is 0 Å². The number of aromatic carboxylic acids is 1. The minimum Gasteiger partial charge on any atom is -0.478 e. The van der Waals surface area contributed by atoms with Crippen molar-refractivity contribution in [3.63, 3.8) is 0 Å². The van der Waals surface area contributed by atoms with Crippen LogP contribution in [0.15, 0.2) is 36.4 Å². The van der Waals surface area contributed by atoms with E-state index in [2.05, 4.69) is 59.8 Å². The summed E-state index contributed by atoms with van der Waals surface area (Å²) in [7, 11) is 0. The van der Waals surface area contributed by atoms with E-state index in [0.717, 1.165) is 12.0 Å². The van der Waals surface area contributed by atoms with Crippen LogP contribution in [0.2, 0.25) is 0 Å². The van der Waals surface area contributed by atoms with E-state index >= 15 is 0 Å². The molecule has 2 heteroatoms. The summed E-state index contributed by atoms with van der Waals surface area (Å²) in [5.41, 5.74) is 8.75. The second-order valence-electron chi connectivity index (χ2n) is 9.86. The second-order valence-corrected chi connectivity index (χ2v) is 9.86. The van der Waals surface area contributed by atoms with Gasteiger partial charge in [0.25, 0.3) is 0 Å². The lowest BCUT2D eigenvalue weighted by atomic mass is 9.82. The molecule has 0 heterocycles. The molecule has 0 aliphatic heterocycles. The number of allylic oxidation sites excluding steroid dienone is 1. The lowest BCUT2D eigenvalue weighted by molar-refractivity contribution is 0.0697. The lowest BCUT2D eigenvalue weighted by Crippen LogP contribution is -2.18. The van der Waals surface area contributed by atoms with Crippen molar-refractivity contribution in [1.82, 2.24) is 0 Å². The van der Waals surface area contributed by atoms with E-state index in [0.29, 0.717) is 5.56 Å². The Morgan fingerprint density at radius 1 is 1.03 bits per heavy atom. The van der Waals surface area contributed by atoms with Crippen molar-refractivity contribution in [1.29, 1.82) is 0 Å². The van der Waals surface area contributed by atoms with Crippen LogP contribution in [0.1, 0.15) is 99.0 Å². The second kappa shape index (κ2) is 7.82. The maximum atomic E-state index is 11.1. The van der Waals surface area contributed by atoms with Crippen molar-refractivity contribution in [3.05, 3.63) is 69.8 Å². The molecule has 0 aromatic heterocycles. The Bertz CT molecular complexity index is 943. The van der Waals surface area contributed by atoms with Crippen molar-refractivity contribution in [3.8, 4) is 0 Å². The van der Waals surface area contributed by atoms with E-state index < -0.39 is 5.97 Å². The smallest absolute Gasteiger partial charge is 0.335 e. The van der Waals surface area contributed by atoms with E-state index in [1.54, 1.807) is 12.1 Å². The molecule has 2 nitrogen and oxygen atoms in total. The SMILES string of the molecule is CCCCc1cc2c(cc1/C(C)=C/c1ccc(C(=O)O)cc1)C(C)(C)CC2(C)C. The van der Waals surface area contributed by atoms with Gasteiger partial charge in [0.2, 0.25) is 0 Å². The Balaban J connectivity index is 2.08. The number of unbranched alkanes of at least 4 members (excludes halogenated alkanes) is 1. The van der Waals surface area contributed by atoms with Crippen LogP contribution in [0, 0.1) is 0 Å². The van der Waals surface area contributed by atoms with E-state index in [1.807, 2.05) is 12.1 Å². The number of rotatable bonds is 6. The molecule has 0 amide bonds. The first-order chi connectivity index (χ1) is 13.5. The summed E-state index contributed by atoms with van der Waals surface area (Å²) in [6.45, 7) is 13.9. The third-order valence-corrected chi connectivity index (χ3v) is 6.35. The molecule has 1 aliphatic carbocycles. The largest absolute Gasteiger partial charge is 0.478 e. The van der Waals surface area contributed by atoms with Gasteiger partial charge < -0.3 is 5.11 Å². The van der Waals surface area contributed by atoms with Crippen LogP contribution < -0.4 is 0 Å². The molecule has 154 valence electrons. The predicted octanol–water partition coefficient (Wildman–Crippen LogP) is 7.25. The van der Waals surface area contributed by atoms with Gasteiger partial charge in [-0.15, -0.1) is 0 Å². The third kappa shape index (κ3) is 4.32. The summed E-state index contributed by atoms with van der Waals surface area (Å²) in [6, 6.07) is 12.0. The summed E-state index contributed by atoms with van der Waals surface area (Å²) in [4.78, 5) is 11.1. The number of hydrogen-bond acceptors (Lipinski definition) is 1. The van der Waals surface area contributed by atoms with E-state index in [1.165, 1.54) is 47.1 Å². The molecular weight excluding hydrogens is 356 g/mol. The molecule has 0 spiro atoms. The van der Waals surface area contributed by atoms with Crippen LogP contribution in [0.25, 0.3) is 11.6 Å². The lowest BCUT2D eigenvalue weighted by Gasteiger charge is -2.22. The van der Waals surface area contributed by atoms with Crippen LogP contribution in [-0.4, -0.2) is 11.1 Å². The molecule has 1 aliphatic rings. The standard InChI is InChI=1S/C27H34O2/c1-7-8-9-21-15-23-24(27(5,6)17-26(23,3)4)16-22(21)18(2)14-19-10-12-20(13-11-19)25(28)29/h10-16H,7-9,17H2,1-6H3,(H,28,29)/b18-14+. The number of fused-ring (bicyclic) bond motifs is 1. The molecule has 1 N–H and O–H groups in total. The Morgan fingerprint density at radius 2 is 1.62 bits per heavy atom. The van der Waals surface area contributed by atoms with Crippen LogP contribution in [0.5, 0.6) is 0 Å². The van der Waals surface area contributed by atoms with Crippen LogP contribution in [0.3, 0.4) is 0 Å². The van der Waals surface area contributed by atoms with Gasteiger partial charge in [-0.2, -0.15) is 0 Å². The molecule has 0 atom stereocenters. The molecule has 2 aromatic rings. The molecule has 0 saturated heterocycles. The van der Waals surface area contributed by atoms with E-state index in [9.17, 15) is 4.79 Å². The zero-order valence-corrected chi connectivity index (χ0v) is 18.7. The fourth-order valence-corrected chi connectivity index (χ4v) is 5.05. The van der Waals surface area contributed by atoms with Crippen molar-refractivity contribution in [2.75, 3.05) is 0 Å². The highest BCUT2D eigenvalue weighted by Crippen LogP contribution is 2.50. The van der Waals surface area contributed by atoms with Gasteiger partial charge in [-0.3, -0.25) is 0 Å². The number of carbonyl (C=O) groups is 1. The predicted molar refractivity (Wildman–Crippen MR) is 123 cm³/mol. The Kier molecular flexibility index (Phi) is 5.76. The molecule has 0 radical (unpaired) electrons. The molecule has 3 rings (SSSR count). The molecule has 0 saturated carbocycles. The van der Waals surface area contributed by atoms with Gasteiger partial charge in [-0.1, -0.05) is 71.4 Å². The van der Waals surface area contributed by atoms with Gasteiger partial charge in [0.1, 0.15) is 0 Å². The molecule has 2 aromatic carbocycles. The first-order valence-corrected chi connectivity index (χ1v) is 10.7. The highest BCUT2D eigenvalue weighted by Gasteiger charge is 2.42. The van der Waals surface area contributed by atoms with Crippen LogP contribution in [0.4, 0.5) is 0 Å². The van der Waals surface area contributed by atoms with Gasteiger partial charge in [0, 0.05) is 0 Å². The molecule has 0 bridgehead atoms. The van der Waals surface area contributed by atoms with E-state index in [4.69, 9.17) is 5.11 Å². The first-order valence-electron chi connectivity index (χ1n) is 10.7. The zero-order chi connectivity index (χ0) is 21.4. The highest BCUT2D eigenvalue weighted by molar-refractivity contribution is 5.88. The summed E-state index contributed by atoms with van der Waals surface area (Å²) >= 11 is 0. The Hall–Kier alpha value is -2.35. The fraction of sp³-hybridized carbons (Fsp3) is 0.444. The average molecular weight is 391 g/mol. The number of carboxylic acid groups (broad SMARTS) is 1. The Morgan fingerprint density at radius 3 is 2.17 bits per heavy atom. The van der Waals surface area contributed by atoms with Crippen molar-refractivity contribution < 1.29 is 9.90 Å². The van der Waals surface area contributed by atoms with Gasteiger partial charge >= 0.3 is 5.97 Å². The number of hydrogen-bond donors (Lipinski definition) is 1. The normalized spacial score (nSPS) is 17.2. The van der Waals surface area contributed by atoms with Crippen LogP contribution in [-0.2, 0) is 17.3 Å². The molecule has 0 unspecified atom stereocenters. The van der Waals surface area contributed by atoms with Crippen molar-refractivity contribution in [2.45, 2.75) is 78.1 Å². The monoisotopic (exact) mass is 390 g/mol.